The molecular weight excluding hydrogens is 440 g/mol. The van der Waals surface area contributed by atoms with E-state index in [-0.39, 0.29) is 38.2 Å². The number of benzene rings is 2. The highest BCUT2D eigenvalue weighted by Gasteiger charge is 2.43. The van der Waals surface area contributed by atoms with Crippen LogP contribution in [0.1, 0.15) is 30.9 Å². The quantitative estimate of drug-likeness (QED) is 0.235. The Balaban J connectivity index is 1.83. The number of esters is 1. The predicted molar refractivity (Wildman–Crippen MR) is 125 cm³/mol. The van der Waals surface area contributed by atoms with Crippen molar-refractivity contribution in [3.63, 3.8) is 0 Å². The fourth-order valence-electron chi connectivity index (χ4n) is 3.50. The maximum absolute atomic E-state index is 13.4. The summed E-state index contributed by atoms with van der Waals surface area (Å²) in [7, 11) is 0. The monoisotopic (exact) mass is 468 g/mol. The van der Waals surface area contributed by atoms with E-state index in [0.29, 0.717) is 5.69 Å². The van der Waals surface area contributed by atoms with Gasteiger partial charge in [0, 0.05) is 18.7 Å². The van der Waals surface area contributed by atoms with Crippen LogP contribution in [0.25, 0.3) is 0 Å². The van der Waals surface area contributed by atoms with Crippen LogP contribution in [-0.4, -0.2) is 52.3 Å². The predicted octanol–water partition coefficient (Wildman–Crippen LogP) is 3.67. The Kier molecular flexibility index (Phi) is 8.14. The number of amides is 4. The fraction of sp³-hybridized carbons (Fsp3) is 0.348. The molecule has 2 aromatic carbocycles. The Hall–Kier alpha value is -3.99. The molecule has 1 unspecified atom stereocenters. The van der Waals surface area contributed by atoms with E-state index >= 15 is 0 Å². The normalized spacial score (nSPS) is 16.0. The minimum absolute atomic E-state index is 0.0149. The summed E-state index contributed by atoms with van der Waals surface area (Å²) >= 11 is 0. The number of nitroso groups, excluding NO2 is 1. The first-order chi connectivity index (χ1) is 16.3. The zero-order valence-electron chi connectivity index (χ0n) is 19.1. The van der Waals surface area contributed by atoms with Gasteiger partial charge >= 0.3 is 18.0 Å². The number of imide groups is 1. The van der Waals surface area contributed by atoms with Crippen molar-refractivity contribution < 1.29 is 19.1 Å². The van der Waals surface area contributed by atoms with Gasteiger partial charge in [0.15, 0.2) is 0 Å². The first-order valence-corrected chi connectivity index (χ1v) is 10.9. The van der Waals surface area contributed by atoms with Gasteiger partial charge in [-0.1, -0.05) is 29.8 Å². The third-order valence-electron chi connectivity index (χ3n) is 5.30. The van der Waals surface area contributed by atoms with Crippen LogP contribution in [0, 0.1) is 11.8 Å². The Bertz CT molecular complexity index is 1030. The van der Waals surface area contributed by atoms with Gasteiger partial charge < -0.3 is 10.1 Å². The summed E-state index contributed by atoms with van der Waals surface area (Å²) in [5, 5.41) is 6.88. The van der Waals surface area contributed by atoms with Crippen molar-refractivity contribution in [2.45, 2.75) is 39.5 Å². The molecule has 1 heterocycles. The molecule has 0 aliphatic carbocycles. The highest BCUT2D eigenvalue weighted by Crippen LogP contribution is 2.24. The maximum atomic E-state index is 13.4. The zero-order chi connectivity index (χ0) is 24.7. The van der Waals surface area contributed by atoms with Crippen LogP contribution in [0.4, 0.5) is 21.0 Å². The molecule has 180 valence electrons. The smallest absolute Gasteiger partial charge is 0.345 e. The van der Waals surface area contributed by atoms with E-state index in [1.54, 1.807) is 19.1 Å². The van der Waals surface area contributed by atoms with Crippen LogP contribution in [0.2, 0.25) is 0 Å². The van der Waals surface area contributed by atoms with Crippen LogP contribution < -0.4 is 11.2 Å². The molecule has 2 aromatic rings. The van der Waals surface area contributed by atoms with Crippen molar-refractivity contribution in [2.75, 3.05) is 18.5 Å². The number of nitrogens with two attached hydrogens (primary N) is 1. The number of nitrogens with one attached hydrogen (secondary N) is 1. The molecule has 0 bridgehead atoms. The third kappa shape index (κ3) is 5.87. The number of anilines is 1. The molecular formula is C23H28N6O5. The summed E-state index contributed by atoms with van der Waals surface area (Å²) in [6.45, 7) is 4.13. The van der Waals surface area contributed by atoms with Gasteiger partial charge in [-0.2, -0.15) is 0 Å². The summed E-state index contributed by atoms with van der Waals surface area (Å²) in [6.07, 6.45) is -0.662. The second kappa shape index (κ2) is 11.2. The van der Waals surface area contributed by atoms with E-state index in [2.05, 4.69) is 10.5 Å². The number of urea groups is 2. The van der Waals surface area contributed by atoms with Gasteiger partial charge in [-0.3, -0.25) is 9.69 Å². The highest BCUT2D eigenvalue weighted by atomic mass is 16.5. The highest BCUT2D eigenvalue weighted by molar-refractivity contribution is 5.96. The van der Waals surface area contributed by atoms with E-state index in [4.69, 9.17) is 10.6 Å². The minimum atomic E-state index is -0.988. The Labute approximate surface area is 197 Å². The number of hydrazine groups is 1. The number of aryl methyl sites for hydroxylation is 1. The van der Waals surface area contributed by atoms with Gasteiger partial charge in [0.1, 0.15) is 5.69 Å². The molecule has 3 N–H and O–H groups in total. The molecule has 34 heavy (non-hydrogen) atoms. The van der Waals surface area contributed by atoms with Crippen molar-refractivity contribution in [3.05, 3.63) is 64.6 Å². The second-order valence-electron chi connectivity index (χ2n) is 7.80. The van der Waals surface area contributed by atoms with Crippen LogP contribution in [0.3, 0.4) is 0 Å². The number of hydrogen-bond donors (Lipinski definition) is 2. The molecule has 11 heteroatoms. The van der Waals surface area contributed by atoms with Crippen molar-refractivity contribution >= 4 is 29.4 Å². The molecule has 11 nitrogen and oxygen atoms in total. The largest absolute Gasteiger partial charge is 0.466 e. The zero-order valence-corrected chi connectivity index (χ0v) is 19.1. The molecule has 4 amide bonds. The van der Waals surface area contributed by atoms with Crippen LogP contribution in [-0.2, 0) is 16.1 Å². The van der Waals surface area contributed by atoms with Gasteiger partial charge in [-0.15, -0.1) is 4.91 Å². The summed E-state index contributed by atoms with van der Waals surface area (Å²) in [5.74, 6) is 5.76. The summed E-state index contributed by atoms with van der Waals surface area (Å²) in [5.41, 5.74) is 2.71. The van der Waals surface area contributed by atoms with Gasteiger partial charge in [0.25, 0.3) is 0 Å². The third-order valence-corrected chi connectivity index (χ3v) is 5.30. The molecule has 3 rings (SSSR count). The molecule has 1 aliphatic heterocycles. The van der Waals surface area contributed by atoms with Gasteiger partial charge in [0.2, 0.25) is 6.29 Å². The Morgan fingerprint density at radius 1 is 1.09 bits per heavy atom. The number of carbonyl (C=O) groups excluding carboxylic acids is 3. The summed E-state index contributed by atoms with van der Waals surface area (Å²) in [6, 6.07) is 12.6. The molecule has 0 aromatic heterocycles. The molecule has 1 fully saturated rings. The maximum Gasteiger partial charge on any atom is 0.345 e. The van der Waals surface area contributed by atoms with Gasteiger partial charge in [0.05, 0.1) is 13.2 Å². The number of rotatable bonds is 10. The summed E-state index contributed by atoms with van der Waals surface area (Å²) < 4.78 is 4.91. The Morgan fingerprint density at radius 3 is 2.38 bits per heavy atom. The van der Waals surface area contributed by atoms with Crippen molar-refractivity contribution in [2.24, 2.45) is 11.0 Å². The topological polar surface area (TPSA) is 138 Å². The average molecular weight is 469 g/mol. The van der Waals surface area contributed by atoms with E-state index in [0.717, 1.165) is 21.0 Å². The summed E-state index contributed by atoms with van der Waals surface area (Å²) in [4.78, 5) is 51.1. The van der Waals surface area contributed by atoms with Gasteiger partial charge in [-0.05, 0) is 55.3 Å². The molecule has 0 spiro atoms. The van der Waals surface area contributed by atoms with Crippen LogP contribution in [0.5, 0.6) is 0 Å². The Morgan fingerprint density at radius 2 is 1.76 bits per heavy atom. The molecule has 1 saturated heterocycles. The average Bonchev–Trinajstić information content (AvgIpc) is 2.83. The van der Waals surface area contributed by atoms with Crippen molar-refractivity contribution in [1.29, 1.82) is 0 Å². The molecule has 1 aliphatic rings. The molecule has 0 radical (unpaired) electrons. The van der Waals surface area contributed by atoms with Crippen LogP contribution in [0.15, 0.2) is 53.7 Å². The number of nitrogens with zero attached hydrogens (tertiary/aromatic N) is 4. The second-order valence-corrected chi connectivity index (χ2v) is 7.80. The van der Waals surface area contributed by atoms with E-state index < -0.39 is 24.3 Å². The number of hydrogen-bond acceptors (Lipinski definition) is 8. The van der Waals surface area contributed by atoms with Crippen LogP contribution >= 0.6 is 0 Å². The van der Waals surface area contributed by atoms with E-state index in [1.165, 1.54) is 17.0 Å². The van der Waals surface area contributed by atoms with Crippen molar-refractivity contribution in [3.8, 4) is 0 Å². The lowest BCUT2D eigenvalue weighted by molar-refractivity contribution is -0.143. The lowest BCUT2D eigenvalue weighted by Gasteiger charge is -2.45. The SMILES string of the molecule is CCOC(=O)CCCN1C(=O)N(N)C(Nc2ccc(N=O)cc2)N(Cc2ccc(C)cc2)C1=O. The molecule has 0 saturated carbocycles. The minimum Gasteiger partial charge on any atom is -0.466 e. The fourth-order valence-corrected chi connectivity index (χ4v) is 3.50. The number of carbonyl (C=O) groups is 3. The lowest BCUT2D eigenvalue weighted by Crippen LogP contribution is -2.70. The van der Waals surface area contributed by atoms with E-state index in [1.807, 2.05) is 31.2 Å². The van der Waals surface area contributed by atoms with Crippen molar-refractivity contribution in [1.82, 2.24) is 14.8 Å². The lowest BCUT2D eigenvalue weighted by atomic mass is 10.1. The first-order valence-electron chi connectivity index (χ1n) is 10.9. The molecule has 1 atom stereocenters. The first kappa shape index (κ1) is 24.6. The standard InChI is InChI=1S/C23H28N6O5/c1-3-34-20(30)5-4-14-27-22(31)28(15-17-8-6-16(2)7-9-17)21(29(24)23(27)32)25-18-10-12-19(26-33)13-11-18/h6-13,21,25H,3-5,14-15,24H2,1-2H3. The number of ether oxygens (including phenoxy) is 1. The van der Waals surface area contributed by atoms with E-state index in [9.17, 15) is 19.3 Å². The van der Waals surface area contributed by atoms with Gasteiger partial charge in [-0.25, -0.2) is 25.3 Å².